The van der Waals surface area contributed by atoms with Crippen LogP contribution in [0.25, 0.3) is 5.65 Å². The summed E-state index contributed by atoms with van der Waals surface area (Å²) in [5.74, 6) is 0.429. The lowest BCUT2D eigenvalue weighted by atomic mass is 10.2. The molecule has 1 atom stereocenters. The predicted molar refractivity (Wildman–Crippen MR) is 105 cm³/mol. The fourth-order valence-corrected chi connectivity index (χ4v) is 3.32. The van der Waals surface area contributed by atoms with Crippen molar-refractivity contribution in [1.82, 2.24) is 19.6 Å². The first kappa shape index (κ1) is 20.0. The summed E-state index contributed by atoms with van der Waals surface area (Å²) >= 11 is 0. The zero-order chi connectivity index (χ0) is 20.5. The Morgan fingerprint density at radius 2 is 2.11 bits per heavy atom. The lowest BCUT2D eigenvalue weighted by molar-refractivity contribution is 0.0290. The Morgan fingerprint density at radius 3 is 2.79 bits per heavy atom. The monoisotopic (exact) mass is 388 g/mol. The zero-order valence-electron chi connectivity index (χ0n) is 17.1. The van der Waals surface area contributed by atoms with E-state index >= 15 is 0 Å². The molecule has 1 N–H and O–H groups in total. The van der Waals surface area contributed by atoms with Crippen molar-refractivity contribution < 1.29 is 19.1 Å². The molecule has 1 saturated heterocycles. The number of imidazole rings is 1. The molecule has 8 heteroatoms. The Morgan fingerprint density at radius 1 is 1.36 bits per heavy atom. The molecule has 152 valence electrons. The Hall–Kier alpha value is -2.77. The number of ether oxygens (including phenoxy) is 2. The molecule has 2 amide bonds. The molecular formula is C20H28N4O4. The largest absolute Gasteiger partial charge is 0.490 e. The minimum Gasteiger partial charge on any atom is -0.490 e. The number of nitrogens with one attached hydrogen (secondary N) is 1. The normalized spacial score (nSPS) is 17.0. The SMILES string of the molecule is CCOc1cccn2c(C(=O)N[C@H]3CCN(C(=O)OC(C)(C)C)C3)c(C)nc12. The van der Waals surface area contributed by atoms with Gasteiger partial charge in [-0.3, -0.25) is 9.20 Å². The Bertz CT molecular complexity index is 884. The van der Waals surface area contributed by atoms with Gasteiger partial charge < -0.3 is 19.7 Å². The maximum atomic E-state index is 12.9. The van der Waals surface area contributed by atoms with Crippen LogP contribution in [-0.2, 0) is 4.74 Å². The second-order valence-corrected chi connectivity index (χ2v) is 7.93. The summed E-state index contributed by atoms with van der Waals surface area (Å²) in [7, 11) is 0. The van der Waals surface area contributed by atoms with Gasteiger partial charge in [0.2, 0.25) is 0 Å². The number of amides is 2. The Kier molecular flexibility index (Phi) is 5.49. The van der Waals surface area contributed by atoms with Gasteiger partial charge in [0.1, 0.15) is 11.3 Å². The summed E-state index contributed by atoms with van der Waals surface area (Å²) in [6, 6.07) is 3.54. The molecule has 0 spiro atoms. The molecule has 8 nitrogen and oxygen atoms in total. The number of likely N-dealkylation sites (tertiary alicyclic amines) is 1. The maximum absolute atomic E-state index is 12.9. The van der Waals surface area contributed by atoms with Gasteiger partial charge in [0, 0.05) is 25.3 Å². The van der Waals surface area contributed by atoms with Crippen LogP contribution in [0, 0.1) is 6.92 Å². The number of pyridine rings is 1. The maximum Gasteiger partial charge on any atom is 0.410 e. The first-order chi connectivity index (χ1) is 13.2. The zero-order valence-corrected chi connectivity index (χ0v) is 17.1. The first-order valence-corrected chi connectivity index (χ1v) is 9.59. The van der Waals surface area contributed by atoms with Crippen LogP contribution in [0.15, 0.2) is 18.3 Å². The van der Waals surface area contributed by atoms with E-state index in [9.17, 15) is 9.59 Å². The van der Waals surface area contributed by atoms with E-state index in [1.165, 1.54) is 0 Å². The van der Waals surface area contributed by atoms with Crippen molar-refractivity contribution in [3.8, 4) is 5.75 Å². The van der Waals surface area contributed by atoms with Gasteiger partial charge >= 0.3 is 6.09 Å². The van der Waals surface area contributed by atoms with E-state index in [1.54, 1.807) is 22.4 Å². The summed E-state index contributed by atoms with van der Waals surface area (Å²) in [6.45, 7) is 10.7. The van der Waals surface area contributed by atoms with Crippen LogP contribution in [0.5, 0.6) is 5.75 Å². The lowest BCUT2D eigenvalue weighted by Crippen LogP contribution is -2.40. The van der Waals surface area contributed by atoms with Crippen molar-refractivity contribution in [2.75, 3.05) is 19.7 Å². The standard InChI is InChI=1S/C20H28N4O4/c1-6-27-15-8-7-10-24-16(13(2)21-17(15)24)18(25)22-14-9-11-23(12-14)19(26)28-20(3,4)5/h7-8,10,14H,6,9,11-12H2,1-5H3,(H,22,25)/t14-/m0/s1. The van der Waals surface area contributed by atoms with E-state index in [-0.39, 0.29) is 18.0 Å². The van der Waals surface area contributed by atoms with Crippen molar-refractivity contribution in [3.05, 3.63) is 29.7 Å². The number of aryl methyl sites for hydroxylation is 1. The molecule has 0 saturated carbocycles. The summed E-state index contributed by atoms with van der Waals surface area (Å²) in [5, 5.41) is 3.02. The van der Waals surface area contributed by atoms with Crippen molar-refractivity contribution in [2.45, 2.75) is 52.7 Å². The number of carbonyl (C=O) groups excluding carboxylic acids is 2. The number of fused-ring (bicyclic) bond motifs is 1. The molecule has 0 bridgehead atoms. The first-order valence-electron chi connectivity index (χ1n) is 9.59. The van der Waals surface area contributed by atoms with Crippen LogP contribution >= 0.6 is 0 Å². The van der Waals surface area contributed by atoms with Gasteiger partial charge in [-0.15, -0.1) is 0 Å². The molecule has 2 aromatic heterocycles. The molecule has 0 aromatic carbocycles. The Labute approximate surface area is 164 Å². The molecular weight excluding hydrogens is 360 g/mol. The topological polar surface area (TPSA) is 85.2 Å². The molecule has 0 aliphatic carbocycles. The van der Waals surface area contributed by atoms with Crippen LogP contribution in [-0.4, -0.2) is 57.6 Å². The minimum absolute atomic E-state index is 0.125. The van der Waals surface area contributed by atoms with E-state index in [2.05, 4.69) is 10.3 Å². The highest BCUT2D eigenvalue weighted by Gasteiger charge is 2.31. The van der Waals surface area contributed by atoms with Gasteiger partial charge in [0.25, 0.3) is 5.91 Å². The number of nitrogens with zero attached hydrogens (tertiary/aromatic N) is 3. The highest BCUT2D eigenvalue weighted by molar-refractivity contribution is 5.95. The number of hydrogen-bond acceptors (Lipinski definition) is 5. The fourth-order valence-electron chi connectivity index (χ4n) is 3.32. The van der Waals surface area contributed by atoms with Gasteiger partial charge in [-0.25, -0.2) is 9.78 Å². The van der Waals surface area contributed by atoms with Crippen molar-refractivity contribution in [1.29, 1.82) is 0 Å². The molecule has 1 aliphatic heterocycles. The van der Waals surface area contributed by atoms with Gasteiger partial charge in [0.15, 0.2) is 11.4 Å². The number of carbonyl (C=O) groups is 2. The van der Waals surface area contributed by atoms with Crippen LogP contribution in [0.1, 0.15) is 50.3 Å². The lowest BCUT2D eigenvalue weighted by Gasteiger charge is -2.24. The molecule has 3 rings (SSSR count). The number of hydrogen-bond donors (Lipinski definition) is 1. The minimum atomic E-state index is -0.537. The third kappa shape index (κ3) is 4.21. The average molecular weight is 388 g/mol. The van der Waals surface area contributed by atoms with Crippen LogP contribution < -0.4 is 10.1 Å². The van der Waals surface area contributed by atoms with Crippen molar-refractivity contribution >= 4 is 17.6 Å². The number of aromatic nitrogens is 2. The summed E-state index contributed by atoms with van der Waals surface area (Å²) in [4.78, 5) is 31.3. The molecule has 1 fully saturated rings. The summed E-state index contributed by atoms with van der Waals surface area (Å²) in [6.07, 6.45) is 2.14. The van der Waals surface area contributed by atoms with Crippen LogP contribution in [0.3, 0.4) is 0 Å². The molecule has 1 aliphatic rings. The average Bonchev–Trinajstić information content (AvgIpc) is 3.18. The summed E-state index contributed by atoms with van der Waals surface area (Å²) in [5.41, 5.74) is 1.19. The van der Waals surface area contributed by atoms with E-state index in [1.807, 2.05) is 39.8 Å². The molecule has 28 heavy (non-hydrogen) atoms. The van der Waals surface area contributed by atoms with Crippen LogP contribution in [0.2, 0.25) is 0 Å². The van der Waals surface area contributed by atoms with E-state index in [4.69, 9.17) is 9.47 Å². The third-order valence-corrected chi connectivity index (χ3v) is 4.48. The smallest absolute Gasteiger partial charge is 0.410 e. The highest BCUT2D eigenvalue weighted by Crippen LogP contribution is 2.22. The van der Waals surface area contributed by atoms with Crippen LogP contribution in [0.4, 0.5) is 4.79 Å². The molecule has 0 unspecified atom stereocenters. The fraction of sp³-hybridized carbons (Fsp3) is 0.550. The van der Waals surface area contributed by atoms with E-state index in [0.717, 1.165) is 0 Å². The van der Waals surface area contributed by atoms with Gasteiger partial charge in [-0.1, -0.05) is 0 Å². The highest BCUT2D eigenvalue weighted by atomic mass is 16.6. The predicted octanol–water partition coefficient (Wildman–Crippen LogP) is 2.78. The van der Waals surface area contributed by atoms with E-state index < -0.39 is 5.60 Å². The molecule has 2 aromatic rings. The van der Waals surface area contributed by atoms with E-state index in [0.29, 0.717) is 48.9 Å². The quantitative estimate of drug-likeness (QED) is 0.871. The third-order valence-electron chi connectivity index (χ3n) is 4.48. The number of rotatable bonds is 4. The second kappa shape index (κ2) is 7.69. The van der Waals surface area contributed by atoms with Gasteiger partial charge in [-0.05, 0) is 53.2 Å². The second-order valence-electron chi connectivity index (χ2n) is 7.93. The summed E-state index contributed by atoms with van der Waals surface area (Å²) < 4.78 is 12.8. The Balaban J connectivity index is 1.71. The van der Waals surface area contributed by atoms with Crippen molar-refractivity contribution in [2.24, 2.45) is 0 Å². The van der Waals surface area contributed by atoms with Crippen molar-refractivity contribution in [3.63, 3.8) is 0 Å². The molecule has 3 heterocycles. The van der Waals surface area contributed by atoms with Gasteiger partial charge in [-0.2, -0.15) is 0 Å². The molecule has 0 radical (unpaired) electrons. The van der Waals surface area contributed by atoms with Gasteiger partial charge in [0.05, 0.1) is 12.3 Å².